The zero-order chi connectivity index (χ0) is 16.3. The lowest BCUT2D eigenvalue weighted by Crippen LogP contribution is -2.08. The van der Waals surface area contributed by atoms with Crippen molar-refractivity contribution in [3.8, 4) is 0 Å². The van der Waals surface area contributed by atoms with E-state index in [2.05, 4.69) is 25.7 Å². The summed E-state index contributed by atoms with van der Waals surface area (Å²) in [4.78, 5) is 0. The molecule has 0 bridgehead atoms. The monoisotopic (exact) mass is 355 g/mol. The molecular formula is C13H8F3N5S2. The van der Waals surface area contributed by atoms with E-state index >= 15 is 0 Å². The van der Waals surface area contributed by atoms with Gasteiger partial charge in [0.25, 0.3) is 0 Å². The fourth-order valence-electron chi connectivity index (χ4n) is 1.56. The van der Waals surface area contributed by atoms with Gasteiger partial charge >= 0.3 is 6.18 Å². The number of hydrogen-bond acceptors (Lipinski definition) is 7. The molecule has 0 saturated carbocycles. The molecule has 0 unspecified atom stereocenters. The van der Waals surface area contributed by atoms with Crippen LogP contribution in [0, 0.1) is 0 Å². The van der Waals surface area contributed by atoms with Crippen molar-refractivity contribution in [1.29, 1.82) is 0 Å². The molecule has 23 heavy (non-hydrogen) atoms. The molecule has 0 amide bonds. The summed E-state index contributed by atoms with van der Waals surface area (Å²) in [5.41, 5.74) is -0.153. The standard InChI is InChI=1S/C13H8F3N5S2/c14-13(15,16)9-6-7-10(19-18-9)22-12-21-20-11(23-12)17-8-4-2-1-3-5-8/h1-7H,(H,17,20). The zero-order valence-electron chi connectivity index (χ0n) is 11.3. The van der Waals surface area contributed by atoms with Crippen molar-refractivity contribution in [2.45, 2.75) is 15.5 Å². The molecule has 0 aliphatic heterocycles. The number of benzene rings is 1. The maximum atomic E-state index is 12.4. The molecule has 10 heteroatoms. The number of nitrogens with zero attached hydrogens (tertiary/aromatic N) is 4. The van der Waals surface area contributed by atoms with Gasteiger partial charge < -0.3 is 5.32 Å². The smallest absolute Gasteiger partial charge is 0.330 e. The van der Waals surface area contributed by atoms with E-state index in [4.69, 9.17) is 0 Å². The molecule has 0 aliphatic rings. The molecule has 3 rings (SSSR count). The van der Waals surface area contributed by atoms with Gasteiger partial charge in [0, 0.05) is 5.69 Å². The van der Waals surface area contributed by atoms with Crippen LogP contribution in [-0.2, 0) is 6.18 Å². The molecule has 3 aromatic rings. The summed E-state index contributed by atoms with van der Waals surface area (Å²) in [6, 6.07) is 11.6. The Hall–Kier alpha value is -2.20. The third-order valence-corrected chi connectivity index (χ3v) is 4.37. The molecular weight excluding hydrogens is 347 g/mol. The largest absolute Gasteiger partial charge is 0.435 e. The number of para-hydroxylation sites is 1. The normalized spacial score (nSPS) is 11.4. The van der Waals surface area contributed by atoms with Gasteiger partial charge in [0.15, 0.2) is 10.0 Å². The summed E-state index contributed by atoms with van der Waals surface area (Å²) < 4.78 is 37.8. The average molecular weight is 355 g/mol. The van der Waals surface area contributed by atoms with Crippen LogP contribution < -0.4 is 5.32 Å². The molecule has 0 aliphatic carbocycles. The third kappa shape index (κ3) is 4.17. The first-order valence-electron chi connectivity index (χ1n) is 6.25. The molecule has 1 N–H and O–H groups in total. The van der Waals surface area contributed by atoms with Crippen molar-refractivity contribution in [1.82, 2.24) is 20.4 Å². The molecule has 0 spiro atoms. The van der Waals surface area contributed by atoms with Crippen molar-refractivity contribution in [2.24, 2.45) is 0 Å². The maximum Gasteiger partial charge on any atom is 0.435 e. The van der Waals surface area contributed by atoms with E-state index in [1.54, 1.807) is 0 Å². The summed E-state index contributed by atoms with van der Waals surface area (Å²) in [5.74, 6) is 0. The molecule has 2 heterocycles. The van der Waals surface area contributed by atoms with Gasteiger partial charge in [-0.1, -0.05) is 29.5 Å². The summed E-state index contributed by atoms with van der Waals surface area (Å²) in [6.45, 7) is 0. The highest BCUT2D eigenvalue weighted by Gasteiger charge is 2.32. The zero-order valence-corrected chi connectivity index (χ0v) is 12.9. The van der Waals surface area contributed by atoms with Gasteiger partial charge in [0.2, 0.25) is 5.13 Å². The van der Waals surface area contributed by atoms with Gasteiger partial charge in [0.05, 0.1) is 0 Å². The van der Waals surface area contributed by atoms with Crippen LogP contribution in [-0.4, -0.2) is 20.4 Å². The minimum Gasteiger partial charge on any atom is -0.330 e. The number of halogens is 3. The van der Waals surface area contributed by atoms with E-state index < -0.39 is 11.9 Å². The minimum atomic E-state index is -4.49. The highest BCUT2D eigenvalue weighted by molar-refractivity contribution is 8.01. The molecule has 0 saturated heterocycles. The van der Waals surface area contributed by atoms with Crippen molar-refractivity contribution in [2.75, 3.05) is 5.32 Å². The summed E-state index contributed by atoms with van der Waals surface area (Å²) >= 11 is 2.37. The van der Waals surface area contributed by atoms with E-state index in [-0.39, 0.29) is 0 Å². The lowest BCUT2D eigenvalue weighted by atomic mass is 10.3. The minimum absolute atomic E-state index is 0.320. The second-order valence-corrected chi connectivity index (χ2v) is 6.47. The topological polar surface area (TPSA) is 63.6 Å². The number of nitrogens with one attached hydrogen (secondary N) is 1. The van der Waals surface area contributed by atoms with Crippen molar-refractivity contribution < 1.29 is 13.2 Å². The molecule has 118 valence electrons. The van der Waals surface area contributed by atoms with E-state index in [1.807, 2.05) is 30.3 Å². The van der Waals surface area contributed by atoms with Crippen molar-refractivity contribution in [3.05, 3.63) is 48.2 Å². The Bertz CT molecular complexity index is 774. The van der Waals surface area contributed by atoms with Crippen molar-refractivity contribution >= 4 is 33.9 Å². The Morgan fingerprint density at radius 3 is 2.35 bits per heavy atom. The highest BCUT2D eigenvalue weighted by Crippen LogP contribution is 2.33. The van der Waals surface area contributed by atoms with Crippen LogP contribution in [0.25, 0.3) is 0 Å². The van der Waals surface area contributed by atoms with Crippen LogP contribution in [0.5, 0.6) is 0 Å². The Morgan fingerprint density at radius 1 is 0.913 bits per heavy atom. The summed E-state index contributed by atoms with van der Waals surface area (Å²) in [6.07, 6.45) is -4.49. The van der Waals surface area contributed by atoms with Gasteiger partial charge in [-0.3, -0.25) is 0 Å². The van der Waals surface area contributed by atoms with Gasteiger partial charge in [0.1, 0.15) is 5.03 Å². The van der Waals surface area contributed by atoms with Crippen LogP contribution in [0.1, 0.15) is 5.69 Å². The molecule has 0 fully saturated rings. The number of hydrogen-bond donors (Lipinski definition) is 1. The predicted molar refractivity (Wildman–Crippen MR) is 80.8 cm³/mol. The van der Waals surface area contributed by atoms with Gasteiger partial charge in [-0.15, -0.1) is 20.4 Å². The maximum absolute atomic E-state index is 12.4. The van der Waals surface area contributed by atoms with Crippen LogP contribution in [0.15, 0.2) is 51.8 Å². The van der Waals surface area contributed by atoms with Crippen LogP contribution in [0.2, 0.25) is 0 Å². The Morgan fingerprint density at radius 2 is 1.70 bits per heavy atom. The Kier molecular flexibility index (Phi) is 4.44. The lowest BCUT2D eigenvalue weighted by Gasteiger charge is -2.03. The molecule has 0 radical (unpaired) electrons. The van der Waals surface area contributed by atoms with Crippen molar-refractivity contribution in [3.63, 3.8) is 0 Å². The summed E-state index contributed by atoms with van der Waals surface area (Å²) in [5, 5.41) is 18.6. The number of aromatic nitrogens is 4. The van der Waals surface area contributed by atoms with Gasteiger partial charge in [-0.2, -0.15) is 13.2 Å². The van der Waals surface area contributed by atoms with Gasteiger partial charge in [-0.25, -0.2) is 0 Å². The molecule has 5 nitrogen and oxygen atoms in total. The van der Waals surface area contributed by atoms with Crippen LogP contribution in [0.3, 0.4) is 0 Å². The summed E-state index contributed by atoms with van der Waals surface area (Å²) in [7, 11) is 0. The highest BCUT2D eigenvalue weighted by atomic mass is 32.2. The quantitative estimate of drug-likeness (QED) is 0.755. The second-order valence-electron chi connectivity index (χ2n) is 4.22. The Labute approximate surface area is 137 Å². The first-order valence-corrected chi connectivity index (χ1v) is 7.88. The van der Waals surface area contributed by atoms with Gasteiger partial charge in [-0.05, 0) is 36.0 Å². The van der Waals surface area contributed by atoms with E-state index in [0.717, 1.165) is 23.5 Å². The van der Waals surface area contributed by atoms with Crippen LogP contribution in [0.4, 0.5) is 24.0 Å². The number of alkyl halides is 3. The average Bonchev–Trinajstić information content (AvgIpc) is 2.95. The second kappa shape index (κ2) is 6.50. The number of anilines is 2. The Balaban J connectivity index is 1.67. The molecule has 0 atom stereocenters. The van der Waals surface area contributed by atoms with E-state index in [9.17, 15) is 13.2 Å². The SMILES string of the molecule is FC(F)(F)c1ccc(Sc2nnc(Nc3ccccc3)s2)nn1. The molecule has 1 aromatic carbocycles. The third-order valence-electron chi connectivity index (χ3n) is 2.55. The fraction of sp³-hybridized carbons (Fsp3) is 0.0769. The first-order chi connectivity index (χ1) is 11.0. The predicted octanol–water partition coefficient (Wildman–Crippen LogP) is 4.24. The first kappa shape index (κ1) is 15.7. The number of rotatable bonds is 4. The molecule has 2 aromatic heterocycles. The van der Waals surface area contributed by atoms with E-state index in [1.165, 1.54) is 17.4 Å². The van der Waals surface area contributed by atoms with Crippen LogP contribution >= 0.6 is 23.1 Å². The fourth-order valence-corrected chi connectivity index (χ4v) is 3.20. The lowest BCUT2D eigenvalue weighted by molar-refractivity contribution is -0.141. The van der Waals surface area contributed by atoms with E-state index in [0.29, 0.717) is 14.5 Å².